The molecule has 0 radical (unpaired) electrons. The lowest BCUT2D eigenvalue weighted by atomic mass is 9.88. The maximum absolute atomic E-state index is 13.5. The summed E-state index contributed by atoms with van der Waals surface area (Å²) >= 11 is 0. The minimum absolute atomic E-state index is 0.0423. The molecule has 2 aromatic rings. The van der Waals surface area contributed by atoms with Gasteiger partial charge in [-0.15, -0.1) is 0 Å². The Balaban J connectivity index is 1.55. The fourth-order valence-electron chi connectivity index (χ4n) is 3.08. The molecule has 1 aliphatic heterocycles. The minimum atomic E-state index is -0.745. The molecule has 1 fully saturated rings. The van der Waals surface area contributed by atoms with Gasteiger partial charge in [0.1, 0.15) is 5.75 Å². The van der Waals surface area contributed by atoms with Crippen molar-refractivity contribution in [2.45, 2.75) is 25.3 Å². The minimum Gasteiger partial charge on any atom is -0.508 e. The molecule has 1 aromatic heterocycles. The van der Waals surface area contributed by atoms with Crippen LogP contribution in [0.15, 0.2) is 36.7 Å². The Morgan fingerprint density at radius 3 is 2.56 bits per heavy atom. The zero-order valence-electron chi connectivity index (χ0n) is 13.7. The number of nitrogens with zero attached hydrogens (tertiary/aromatic N) is 2. The molecule has 7 heteroatoms. The lowest BCUT2D eigenvalue weighted by Gasteiger charge is -2.32. The number of hydrogen-bond donors (Lipinski definition) is 3. The van der Waals surface area contributed by atoms with Gasteiger partial charge in [-0.3, -0.25) is 4.98 Å². The van der Waals surface area contributed by atoms with Crippen LogP contribution in [0, 0.1) is 5.82 Å². The van der Waals surface area contributed by atoms with Crippen LogP contribution < -0.4 is 5.32 Å². The average molecular weight is 345 g/mol. The summed E-state index contributed by atoms with van der Waals surface area (Å²) in [7, 11) is 0. The van der Waals surface area contributed by atoms with Gasteiger partial charge in [0.05, 0.1) is 0 Å². The van der Waals surface area contributed by atoms with Crippen LogP contribution in [0.5, 0.6) is 11.5 Å². The molecule has 0 saturated carbocycles. The third-order valence-electron chi connectivity index (χ3n) is 4.51. The van der Waals surface area contributed by atoms with E-state index in [4.69, 9.17) is 0 Å². The van der Waals surface area contributed by atoms with Gasteiger partial charge >= 0.3 is 6.03 Å². The molecular formula is C18H20FN3O3. The first-order chi connectivity index (χ1) is 12.0. The van der Waals surface area contributed by atoms with Crippen molar-refractivity contribution in [3.05, 3.63) is 53.6 Å². The molecule has 1 aliphatic rings. The van der Waals surface area contributed by atoms with Crippen molar-refractivity contribution < 1.29 is 19.4 Å². The SMILES string of the molecule is O=C(NCc1ccncc1)N1CCC(c2cc(F)c(O)cc2O)CC1. The smallest absolute Gasteiger partial charge is 0.317 e. The first kappa shape index (κ1) is 17.0. The van der Waals surface area contributed by atoms with Crippen LogP contribution in [0.1, 0.15) is 29.9 Å². The zero-order valence-corrected chi connectivity index (χ0v) is 13.7. The summed E-state index contributed by atoms with van der Waals surface area (Å²) < 4.78 is 13.5. The summed E-state index contributed by atoms with van der Waals surface area (Å²) in [5, 5.41) is 22.1. The van der Waals surface area contributed by atoms with E-state index in [2.05, 4.69) is 10.3 Å². The van der Waals surface area contributed by atoms with Crippen LogP contribution in [-0.4, -0.2) is 39.2 Å². The monoisotopic (exact) mass is 345 g/mol. The van der Waals surface area contributed by atoms with Gasteiger partial charge in [-0.25, -0.2) is 9.18 Å². The third kappa shape index (κ3) is 3.99. The van der Waals surface area contributed by atoms with Crippen LogP contribution in [0.2, 0.25) is 0 Å². The van der Waals surface area contributed by atoms with Gasteiger partial charge in [0, 0.05) is 43.7 Å². The second-order valence-electron chi connectivity index (χ2n) is 6.14. The Hall–Kier alpha value is -2.83. The molecule has 0 atom stereocenters. The summed E-state index contributed by atoms with van der Waals surface area (Å²) in [6.45, 7) is 1.48. The molecule has 0 bridgehead atoms. The highest BCUT2D eigenvalue weighted by atomic mass is 19.1. The number of benzene rings is 1. The first-order valence-corrected chi connectivity index (χ1v) is 8.17. The van der Waals surface area contributed by atoms with Crippen LogP contribution in [0.3, 0.4) is 0 Å². The van der Waals surface area contributed by atoms with Crippen LogP contribution >= 0.6 is 0 Å². The summed E-state index contributed by atoms with van der Waals surface area (Å²) in [6.07, 6.45) is 4.60. The van der Waals surface area contributed by atoms with Crippen molar-refractivity contribution in [1.29, 1.82) is 0 Å². The first-order valence-electron chi connectivity index (χ1n) is 8.17. The van der Waals surface area contributed by atoms with Crippen molar-refractivity contribution >= 4 is 6.03 Å². The molecular weight excluding hydrogens is 325 g/mol. The van der Waals surface area contributed by atoms with E-state index in [1.165, 1.54) is 6.07 Å². The van der Waals surface area contributed by atoms with Crippen molar-refractivity contribution in [3.63, 3.8) is 0 Å². The van der Waals surface area contributed by atoms with Gasteiger partial charge in [0.15, 0.2) is 11.6 Å². The Morgan fingerprint density at radius 1 is 1.20 bits per heavy atom. The third-order valence-corrected chi connectivity index (χ3v) is 4.51. The molecule has 0 unspecified atom stereocenters. The summed E-state index contributed by atoms with van der Waals surface area (Å²) in [5.41, 5.74) is 1.45. The number of carbonyl (C=O) groups excluding carboxylic acids is 1. The largest absolute Gasteiger partial charge is 0.508 e. The van der Waals surface area contributed by atoms with E-state index < -0.39 is 11.6 Å². The molecule has 2 amide bonds. The highest BCUT2D eigenvalue weighted by Crippen LogP contribution is 2.36. The van der Waals surface area contributed by atoms with E-state index in [1.54, 1.807) is 17.3 Å². The average Bonchev–Trinajstić information content (AvgIpc) is 2.64. The maximum Gasteiger partial charge on any atom is 0.317 e. The predicted octanol–water partition coefficient (Wildman–Crippen LogP) is 2.72. The van der Waals surface area contributed by atoms with E-state index in [-0.39, 0.29) is 17.7 Å². The molecule has 132 valence electrons. The Bertz CT molecular complexity index is 747. The predicted molar refractivity (Wildman–Crippen MR) is 89.8 cm³/mol. The number of phenolic OH excluding ortho intramolecular Hbond substituents is 2. The lowest BCUT2D eigenvalue weighted by molar-refractivity contribution is 0.180. The fourth-order valence-corrected chi connectivity index (χ4v) is 3.08. The van der Waals surface area contributed by atoms with Crippen molar-refractivity contribution in [1.82, 2.24) is 15.2 Å². The van der Waals surface area contributed by atoms with Crippen molar-refractivity contribution in [2.75, 3.05) is 13.1 Å². The van der Waals surface area contributed by atoms with Gasteiger partial charge in [-0.05, 0) is 42.5 Å². The number of carbonyl (C=O) groups is 1. The van der Waals surface area contributed by atoms with Gasteiger partial charge in [-0.2, -0.15) is 0 Å². The molecule has 3 rings (SSSR count). The highest BCUT2D eigenvalue weighted by Gasteiger charge is 2.26. The Kier molecular flexibility index (Phi) is 5.02. The molecule has 6 nitrogen and oxygen atoms in total. The van der Waals surface area contributed by atoms with Crippen LogP contribution in [0.25, 0.3) is 0 Å². The molecule has 1 saturated heterocycles. The molecule has 3 N–H and O–H groups in total. The second kappa shape index (κ2) is 7.38. The topological polar surface area (TPSA) is 85.7 Å². The van der Waals surface area contributed by atoms with E-state index in [0.717, 1.165) is 11.6 Å². The number of aromatic nitrogens is 1. The Labute approximate surface area is 144 Å². The van der Waals surface area contributed by atoms with Crippen molar-refractivity contribution in [2.24, 2.45) is 0 Å². The number of urea groups is 1. The molecule has 25 heavy (non-hydrogen) atoms. The molecule has 0 aliphatic carbocycles. The van der Waals surface area contributed by atoms with Crippen LogP contribution in [-0.2, 0) is 6.54 Å². The number of likely N-dealkylation sites (tertiary alicyclic amines) is 1. The quantitative estimate of drug-likeness (QED) is 0.798. The number of piperidine rings is 1. The number of phenols is 2. The van der Waals surface area contributed by atoms with E-state index >= 15 is 0 Å². The normalized spacial score (nSPS) is 15.2. The number of aromatic hydroxyl groups is 2. The fraction of sp³-hybridized carbons (Fsp3) is 0.333. The number of nitrogens with one attached hydrogen (secondary N) is 1. The van der Waals surface area contributed by atoms with E-state index in [1.807, 2.05) is 12.1 Å². The molecule has 1 aromatic carbocycles. The lowest BCUT2D eigenvalue weighted by Crippen LogP contribution is -2.43. The van der Waals surface area contributed by atoms with Gasteiger partial charge in [-0.1, -0.05) is 0 Å². The number of rotatable bonds is 3. The van der Waals surface area contributed by atoms with Gasteiger partial charge < -0.3 is 20.4 Å². The Morgan fingerprint density at radius 2 is 1.88 bits per heavy atom. The van der Waals surface area contributed by atoms with Crippen molar-refractivity contribution in [3.8, 4) is 11.5 Å². The summed E-state index contributed by atoms with van der Waals surface area (Å²) in [6, 6.07) is 5.74. The molecule has 0 spiro atoms. The zero-order chi connectivity index (χ0) is 17.8. The van der Waals surface area contributed by atoms with Crippen LogP contribution in [0.4, 0.5) is 9.18 Å². The number of amides is 2. The molecule has 2 heterocycles. The van der Waals surface area contributed by atoms with E-state index in [0.29, 0.717) is 38.0 Å². The highest BCUT2D eigenvalue weighted by molar-refractivity contribution is 5.74. The summed E-state index contributed by atoms with van der Waals surface area (Å²) in [4.78, 5) is 17.9. The van der Waals surface area contributed by atoms with E-state index in [9.17, 15) is 19.4 Å². The van der Waals surface area contributed by atoms with Gasteiger partial charge in [0.2, 0.25) is 0 Å². The standard InChI is InChI=1S/C18H20FN3O3/c19-15-9-14(16(23)10-17(15)24)13-3-7-22(8-4-13)18(25)21-11-12-1-5-20-6-2-12/h1-2,5-6,9-10,13,23-24H,3-4,7-8,11H2,(H,21,25). The summed E-state index contributed by atoms with van der Waals surface area (Å²) in [5.74, 6) is -1.46. The second-order valence-corrected chi connectivity index (χ2v) is 6.14. The number of hydrogen-bond acceptors (Lipinski definition) is 4. The number of halogens is 1. The number of pyridine rings is 1. The van der Waals surface area contributed by atoms with Gasteiger partial charge in [0.25, 0.3) is 0 Å². The maximum atomic E-state index is 13.5.